The minimum absolute atomic E-state index is 0.425. The molecule has 1 aromatic carbocycles. The lowest BCUT2D eigenvalue weighted by Gasteiger charge is -2.22. The summed E-state index contributed by atoms with van der Waals surface area (Å²) in [6.45, 7) is 4.25. The Bertz CT molecular complexity index is 754. The Hall–Kier alpha value is -2.24. The molecule has 0 radical (unpaired) electrons. The van der Waals surface area contributed by atoms with Gasteiger partial charge in [0.25, 0.3) is 0 Å². The van der Waals surface area contributed by atoms with E-state index in [1.165, 1.54) is 0 Å². The number of rotatable bonds is 4. The Morgan fingerprint density at radius 2 is 2.17 bits per heavy atom. The second kappa shape index (κ2) is 7.11. The molecule has 2 aromatic heterocycles. The van der Waals surface area contributed by atoms with Crippen LogP contribution in [0.15, 0.2) is 53.3 Å². The maximum atomic E-state index is 5.96. The van der Waals surface area contributed by atoms with Crippen molar-refractivity contribution in [1.29, 1.82) is 0 Å². The highest BCUT2D eigenvalue weighted by Crippen LogP contribution is 2.21. The zero-order valence-electron chi connectivity index (χ0n) is 13.6. The van der Waals surface area contributed by atoms with Crippen LogP contribution in [0.25, 0.3) is 11.0 Å². The molecule has 1 saturated heterocycles. The summed E-state index contributed by atoms with van der Waals surface area (Å²) in [6, 6.07) is 10.3. The summed E-state index contributed by atoms with van der Waals surface area (Å²) in [4.78, 5) is 10.9. The van der Waals surface area contributed by atoms with Crippen molar-refractivity contribution >= 4 is 11.0 Å². The molecular weight excluding hydrogens is 302 g/mol. The number of hydrogen-bond acceptors (Lipinski definition) is 5. The molecule has 1 aliphatic rings. The quantitative estimate of drug-likeness (QED) is 0.739. The van der Waals surface area contributed by atoms with Crippen molar-refractivity contribution in [2.24, 2.45) is 5.92 Å². The Morgan fingerprint density at radius 3 is 3.04 bits per heavy atom. The first-order valence-electron chi connectivity index (χ1n) is 8.39. The number of aromatic nitrogens is 2. The van der Waals surface area contributed by atoms with E-state index >= 15 is 0 Å². The van der Waals surface area contributed by atoms with Crippen LogP contribution in [-0.2, 0) is 17.7 Å². The summed E-state index contributed by atoms with van der Waals surface area (Å²) in [7, 11) is 0. The van der Waals surface area contributed by atoms with E-state index in [4.69, 9.17) is 9.15 Å². The Balaban J connectivity index is 1.44. The van der Waals surface area contributed by atoms with Crippen LogP contribution in [-0.4, -0.2) is 41.2 Å². The molecule has 4 rings (SSSR count). The van der Waals surface area contributed by atoms with Gasteiger partial charge in [0.15, 0.2) is 0 Å². The third-order valence-electron chi connectivity index (χ3n) is 4.39. The zero-order chi connectivity index (χ0) is 16.2. The number of nitrogens with zero attached hydrogens (tertiary/aromatic N) is 3. The molecule has 0 saturated carbocycles. The van der Waals surface area contributed by atoms with E-state index in [1.54, 1.807) is 12.4 Å². The molecular formula is C19H21N3O2. The normalized spacial score (nSPS) is 19.4. The molecule has 5 nitrogen and oxygen atoms in total. The van der Waals surface area contributed by atoms with E-state index in [1.807, 2.05) is 24.4 Å². The second-order valence-corrected chi connectivity index (χ2v) is 6.33. The van der Waals surface area contributed by atoms with Gasteiger partial charge in [-0.25, -0.2) is 0 Å². The first-order valence-corrected chi connectivity index (χ1v) is 8.39. The lowest BCUT2D eigenvalue weighted by molar-refractivity contribution is 0.121. The summed E-state index contributed by atoms with van der Waals surface area (Å²) in [5.74, 6) is 1.44. The molecule has 124 valence electrons. The van der Waals surface area contributed by atoms with Crippen LogP contribution in [0.4, 0.5) is 0 Å². The van der Waals surface area contributed by atoms with Crippen molar-refractivity contribution in [1.82, 2.24) is 14.9 Å². The molecule has 3 heterocycles. The highest BCUT2D eigenvalue weighted by molar-refractivity contribution is 5.77. The predicted molar refractivity (Wildman–Crippen MR) is 91.5 cm³/mol. The van der Waals surface area contributed by atoms with Crippen LogP contribution in [0.3, 0.4) is 0 Å². The van der Waals surface area contributed by atoms with E-state index in [0.717, 1.165) is 61.7 Å². The number of hydrogen-bond donors (Lipinski definition) is 0. The third-order valence-corrected chi connectivity index (χ3v) is 4.39. The van der Waals surface area contributed by atoms with Gasteiger partial charge in [0.1, 0.15) is 11.3 Å². The standard InChI is InChI=1S/C19H21N3O2/c1-2-4-19-16(3-1)10-18(24-19)13-22-7-8-23-14-15(12-22)9-17-11-20-5-6-21-17/h1-6,10-11,15H,7-9,12-14H2/t15-/m1/s1. The lowest BCUT2D eigenvalue weighted by Crippen LogP contribution is -2.30. The summed E-state index contributed by atoms with van der Waals surface area (Å²) >= 11 is 0. The number of ether oxygens (including phenoxy) is 1. The van der Waals surface area contributed by atoms with Gasteiger partial charge in [-0.05, 0) is 18.6 Å². The first-order chi connectivity index (χ1) is 11.9. The molecule has 0 spiro atoms. The SMILES string of the molecule is c1ccc2oc(CN3CCOC[C@H](Cc4cnccn4)C3)cc2c1. The number of fused-ring (bicyclic) bond motifs is 1. The highest BCUT2D eigenvalue weighted by Gasteiger charge is 2.20. The van der Waals surface area contributed by atoms with E-state index in [0.29, 0.717) is 5.92 Å². The average molecular weight is 323 g/mol. The lowest BCUT2D eigenvalue weighted by atomic mass is 10.0. The molecule has 0 N–H and O–H groups in total. The van der Waals surface area contributed by atoms with Gasteiger partial charge in [-0.1, -0.05) is 18.2 Å². The summed E-state index contributed by atoms with van der Waals surface area (Å²) in [6.07, 6.45) is 6.19. The fourth-order valence-corrected chi connectivity index (χ4v) is 3.29. The third kappa shape index (κ3) is 3.63. The van der Waals surface area contributed by atoms with E-state index < -0.39 is 0 Å². The van der Waals surface area contributed by atoms with Gasteiger partial charge >= 0.3 is 0 Å². The molecule has 0 amide bonds. The number of furan rings is 1. The fourth-order valence-electron chi connectivity index (χ4n) is 3.29. The monoisotopic (exact) mass is 323 g/mol. The highest BCUT2D eigenvalue weighted by atomic mass is 16.5. The average Bonchev–Trinajstić information content (AvgIpc) is 2.88. The maximum absolute atomic E-state index is 5.96. The molecule has 0 aliphatic carbocycles. The van der Waals surface area contributed by atoms with Gasteiger partial charge in [-0.3, -0.25) is 14.9 Å². The molecule has 0 bridgehead atoms. The second-order valence-electron chi connectivity index (χ2n) is 6.33. The molecule has 1 atom stereocenters. The maximum Gasteiger partial charge on any atom is 0.134 e. The molecule has 3 aromatic rings. The van der Waals surface area contributed by atoms with Crippen molar-refractivity contribution in [3.8, 4) is 0 Å². The minimum atomic E-state index is 0.425. The van der Waals surface area contributed by atoms with Crippen LogP contribution < -0.4 is 0 Å². The van der Waals surface area contributed by atoms with Gasteiger partial charge in [-0.2, -0.15) is 0 Å². The van der Waals surface area contributed by atoms with Crippen molar-refractivity contribution in [3.05, 3.63) is 60.4 Å². The van der Waals surface area contributed by atoms with Crippen molar-refractivity contribution in [3.63, 3.8) is 0 Å². The fraction of sp³-hybridized carbons (Fsp3) is 0.368. The van der Waals surface area contributed by atoms with E-state index in [-0.39, 0.29) is 0 Å². The van der Waals surface area contributed by atoms with Gasteiger partial charge in [0.05, 0.1) is 25.5 Å². The molecule has 5 heteroatoms. The largest absolute Gasteiger partial charge is 0.460 e. The Kier molecular flexibility index (Phi) is 4.53. The molecule has 0 unspecified atom stereocenters. The summed E-state index contributed by atoms with van der Waals surface area (Å²) in [5.41, 5.74) is 1.98. The topological polar surface area (TPSA) is 51.4 Å². The van der Waals surface area contributed by atoms with Crippen LogP contribution >= 0.6 is 0 Å². The van der Waals surface area contributed by atoms with Crippen molar-refractivity contribution < 1.29 is 9.15 Å². The van der Waals surface area contributed by atoms with Crippen molar-refractivity contribution in [2.75, 3.05) is 26.3 Å². The Morgan fingerprint density at radius 1 is 1.21 bits per heavy atom. The van der Waals surface area contributed by atoms with E-state index in [2.05, 4.69) is 27.0 Å². The van der Waals surface area contributed by atoms with E-state index in [9.17, 15) is 0 Å². The van der Waals surface area contributed by atoms with Gasteiger partial charge in [-0.15, -0.1) is 0 Å². The summed E-state index contributed by atoms with van der Waals surface area (Å²) in [5, 5.41) is 1.16. The van der Waals surface area contributed by atoms with Gasteiger partial charge in [0.2, 0.25) is 0 Å². The van der Waals surface area contributed by atoms with Crippen LogP contribution in [0.2, 0.25) is 0 Å². The molecule has 24 heavy (non-hydrogen) atoms. The number of para-hydroxylation sites is 1. The molecule has 1 aliphatic heterocycles. The minimum Gasteiger partial charge on any atom is -0.460 e. The van der Waals surface area contributed by atoms with Gasteiger partial charge < -0.3 is 9.15 Å². The first kappa shape index (κ1) is 15.3. The van der Waals surface area contributed by atoms with Crippen LogP contribution in [0, 0.1) is 5.92 Å². The Labute approximate surface area is 141 Å². The predicted octanol–water partition coefficient (Wildman–Crippen LogP) is 2.91. The zero-order valence-corrected chi connectivity index (χ0v) is 13.6. The smallest absolute Gasteiger partial charge is 0.134 e. The number of benzene rings is 1. The molecule has 1 fully saturated rings. The van der Waals surface area contributed by atoms with Crippen LogP contribution in [0.1, 0.15) is 11.5 Å². The summed E-state index contributed by atoms with van der Waals surface area (Å²) < 4.78 is 11.7. The van der Waals surface area contributed by atoms with Crippen LogP contribution in [0.5, 0.6) is 0 Å². The van der Waals surface area contributed by atoms with Crippen molar-refractivity contribution in [2.45, 2.75) is 13.0 Å². The van der Waals surface area contributed by atoms with Gasteiger partial charge in [0, 0.05) is 43.0 Å².